The average Bonchev–Trinajstić information content (AvgIpc) is 2.47. The Morgan fingerprint density at radius 1 is 1.15 bits per heavy atom. The van der Waals surface area contributed by atoms with E-state index < -0.39 is 11.9 Å². The van der Waals surface area contributed by atoms with Gasteiger partial charge in [-0.25, -0.2) is 4.39 Å². The summed E-state index contributed by atoms with van der Waals surface area (Å²) in [6, 6.07) is 12.0. The zero-order valence-corrected chi connectivity index (χ0v) is 11.5. The number of rotatable bonds is 5. The lowest BCUT2D eigenvalue weighted by Crippen LogP contribution is -2.04. The Kier molecular flexibility index (Phi) is 4.71. The van der Waals surface area contributed by atoms with E-state index >= 15 is 0 Å². The van der Waals surface area contributed by atoms with Gasteiger partial charge in [0, 0.05) is 12.7 Å². The third-order valence-corrected chi connectivity index (χ3v) is 3.09. The van der Waals surface area contributed by atoms with Crippen LogP contribution in [-0.4, -0.2) is 19.3 Å². The number of hydrogen-bond donors (Lipinski definition) is 1. The molecule has 4 heteroatoms. The van der Waals surface area contributed by atoms with Crippen LogP contribution in [0.5, 0.6) is 5.75 Å². The molecule has 1 unspecified atom stereocenters. The second-order valence-corrected chi connectivity index (χ2v) is 4.44. The predicted molar refractivity (Wildman–Crippen MR) is 74.2 cm³/mol. The molecule has 20 heavy (non-hydrogen) atoms. The first-order valence-corrected chi connectivity index (χ1v) is 6.25. The summed E-state index contributed by atoms with van der Waals surface area (Å²) in [5.74, 6) is -0.422. The van der Waals surface area contributed by atoms with Gasteiger partial charge in [0.05, 0.1) is 13.7 Å². The fraction of sp³-hybridized carbons (Fsp3) is 0.250. The molecule has 0 spiro atoms. The van der Waals surface area contributed by atoms with Gasteiger partial charge in [-0.1, -0.05) is 36.4 Å². The second kappa shape index (κ2) is 6.50. The van der Waals surface area contributed by atoms with Crippen LogP contribution in [0.3, 0.4) is 0 Å². The van der Waals surface area contributed by atoms with Crippen LogP contribution < -0.4 is 4.74 Å². The van der Waals surface area contributed by atoms with E-state index in [2.05, 4.69) is 0 Å². The summed E-state index contributed by atoms with van der Waals surface area (Å²) < 4.78 is 24.1. The summed E-state index contributed by atoms with van der Waals surface area (Å²) in [6.07, 6.45) is -1.04. The first-order valence-electron chi connectivity index (χ1n) is 6.25. The maximum atomic E-state index is 14.1. The Morgan fingerprint density at radius 3 is 2.60 bits per heavy atom. The van der Waals surface area contributed by atoms with Gasteiger partial charge in [0.2, 0.25) is 0 Å². The molecule has 0 saturated carbocycles. The van der Waals surface area contributed by atoms with Crippen LogP contribution >= 0.6 is 0 Å². The monoisotopic (exact) mass is 276 g/mol. The van der Waals surface area contributed by atoms with Crippen LogP contribution in [0.1, 0.15) is 22.8 Å². The van der Waals surface area contributed by atoms with Gasteiger partial charge in [0.25, 0.3) is 0 Å². The van der Waals surface area contributed by atoms with Crippen LogP contribution in [0, 0.1) is 5.82 Å². The highest BCUT2D eigenvalue weighted by Gasteiger charge is 2.18. The zero-order valence-electron chi connectivity index (χ0n) is 11.5. The SMILES string of the molecule is COCc1cccc(C(O)c2cccc(OC)c2F)c1. The van der Waals surface area contributed by atoms with Gasteiger partial charge in [-0.3, -0.25) is 0 Å². The van der Waals surface area contributed by atoms with E-state index in [4.69, 9.17) is 9.47 Å². The number of benzene rings is 2. The van der Waals surface area contributed by atoms with Crippen molar-refractivity contribution in [2.24, 2.45) is 0 Å². The molecule has 2 aromatic carbocycles. The van der Waals surface area contributed by atoms with Gasteiger partial charge >= 0.3 is 0 Å². The van der Waals surface area contributed by atoms with E-state index in [0.717, 1.165) is 5.56 Å². The molecule has 106 valence electrons. The minimum Gasteiger partial charge on any atom is -0.494 e. The predicted octanol–water partition coefficient (Wildman–Crippen LogP) is 3.06. The van der Waals surface area contributed by atoms with Gasteiger partial charge in [-0.15, -0.1) is 0 Å². The molecule has 2 aromatic rings. The number of ether oxygens (including phenoxy) is 2. The molecular weight excluding hydrogens is 259 g/mol. The number of halogens is 1. The van der Waals surface area contributed by atoms with Crippen LogP contribution in [0.4, 0.5) is 4.39 Å². The largest absolute Gasteiger partial charge is 0.494 e. The van der Waals surface area contributed by atoms with E-state index in [1.54, 1.807) is 31.4 Å². The van der Waals surface area contributed by atoms with Crippen molar-refractivity contribution in [3.8, 4) is 5.75 Å². The second-order valence-electron chi connectivity index (χ2n) is 4.44. The molecule has 0 saturated heterocycles. The van der Waals surface area contributed by atoms with Crippen molar-refractivity contribution in [3.63, 3.8) is 0 Å². The van der Waals surface area contributed by atoms with E-state index in [1.165, 1.54) is 13.2 Å². The van der Waals surface area contributed by atoms with E-state index in [0.29, 0.717) is 12.2 Å². The lowest BCUT2D eigenvalue weighted by Gasteiger charge is -2.15. The Balaban J connectivity index is 2.36. The average molecular weight is 276 g/mol. The third kappa shape index (κ3) is 2.98. The Morgan fingerprint density at radius 2 is 1.90 bits per heavy atom. The summed E-state index contributed by atoms with van der Waals surface area (Å²) in [5, 5.41) is 10.3. The molecule has 0 radical (unpaired) electrons. The number of aliphatic hydroxyl groups excluding tert-OH is 1. The lowest BCUT2D eigenvalue weighted by atomic mass is 9.99. The molecular formula is C16H17FO3. The molecule has 0 aliphatic carbocycles. The van der Waals surface area contributed by atoms with E-state index in [-0.39, 0.29) is 11.3 Å². The number of hydrogen-bond acceptors (Lipinski definition) is 3. The molecule has 2 rings (SSSR count). The first-order chi connectivity index (χ1) is 9.67. The molecule has 1 N–H and O–H groups in total. The minimum atomic E-state index is -1.04. The van der Waals surface area contributed by atoms with Crippen LogP contribution in [-0.2, 0) is 11.3 Å². The summed E-state index contributed by atoms with van der Waals surface area (Å²) >= 11 is 0. The molecule has 0 fully saturated rings. The van der Waals surface area contributed by atoms with Crippen molar-refractivity contribution in [2.75, 3.05) is 14.2 Å². The normalized spacial score (nSPS) is 12.2. The fourth-order valence-corrected chi connectivity index (χ4v) is 2.10. The minimum absolute atomic E-state index is 0.120. The highest BCUT2D eigenvalue weighted by Crippen LogP contribution is 2.29. The fourth-order valence-electron chi connectivity index (χ4n) is 2.10. The lowest BCUT2D eigenvalue weighted by molar-refractivity contribution is 0.184. The summed E-state index contributed by atoms with van der Waals surface area (Å²) in [7, 11) is 3.00. The molecule has 3 nitrogen and oxygen atoms in total. The van der Waals surface area contributed by atoms with Gasteiger partial charge in [0.15, 0.2) is 11.6 Å². The number of aliphatic hydroxyl groups is 1. The molecule has 0 amide bonds. The topological polar surface area (TPSA) is 38.7 Å². The van der Waals surface area contributed by atoms with Crippen LogP contribution in [0.15, 0.2) is 42.5 Å². The van der Waals surface area contributed by atoms with Gasteiger partial charge < -0.3 is 14.6 Å². The first kappa shape index (κ1) is 14.5. The highest BCUT2D eigenvalue weighted by molar-refractivity contribution is 5.38. The van der Waals surface area contributed by atoms with Gasteiger partial charge in [0.1, 0.15) is 6.10 Å². The van der Waals surface area contributed by atoms with Gasteiger partial charge in [-0.2, -0.15) is 0 Å². The van der Waals surface area contributed by atoms with Crippen molar-refractivity contribution >= 4 is 0 Å². The summed E-state index contributed by atoms with van der Waals surface area (Å²) in [4.78, 5) is 0. The smallest absolute Gasteiger partial charge is 0.171 e. The molecule has 0 heterocycles. The van der Waals surface area contributed by atoms with Crippen LogP contribution in [0.2, 0.25) is 0 Å². The maximum absolute atomic E-state index is 14.1. The van der Waals surface area contributed by atoms with Crippen molar-refractivity contribution in [1.29, 1.82) is 0 Å². The molecule has 0 bridgehead atoms. The Bertz CT molecular complexity index is 584. The highest BCUT2D eigenvalue weighted by atomic mass is 19.1. The van der Waals surface area contributed by atoms with Crippen LogP contribution in [0.25, 0.3) is 0 Å². The van der Waals surface area contributed by atoms with Crippen molar-refractivity contribution in [1.82, 2.24) is 0 Å². The van der Waals surface area contributed by atoms with Crippen molar-refractivity contribution < 1.29 is 19.0 Å². The van der Waals surface area contributed by atoms with Gasteiger partial charge in [-0.05, 0) is 17.2 Å². The molecule has 1 atom stereocenters. The van der Waals surface area contributed by atoms with E-state index in [1.807, 2.05) is 12.1 Å². The van der Waals surface area contributed by atoms with Crippen molar-refractivity contribution in [2.45, 2.75) is 12.7 Å². The Labute approximate surface area is 117 Å². The standard InChI is InChI=1S/C16H17FO3/c1-19-10-11-5-3-6-12(9-11)16(18)13-7-4-8-14(20-2)15(13)17/h3-9,16,18H,10H2,1-2H3. The van der Waals surface area contributed by atoms with Crippen molar-refractivity contribution in [3.05, 3.63) is 65.0 Å². The summed E-state index contributed by atoms with van der Waals surface area (Å²) in [5.41, 5.74) is 1.73. The molecule has 0 aliphatic heterocycles. The Hall–Kier alpha value is -1.91. The maximum Gasteiger partial charge on any atom is 0.171 e. The quantitative estimate of drug-likeness (QED) is 0.912. The molecule has 0 aromatic heterocycles. The number of methoxy groups -OCH3 is 2. The third-order valence-electron chi connectivity index (χ3n) is 3.09. The summed E-state index contributed by atoms with van der Waals surface area (Å²) in [6.45, 7) is 0.446. The van der Waals surface area contributed by atoms with E-state index in [9.17, 15) is 9.50 Å². The zero-order chi connectivity index (χ0) is 14.5. The molecule has 0 aliphatic rings.